The fourth-order valence-corrected chi connectivity index (χ4v) is 2.27. The predicted molar refractivity (Wildman–Crippen MR) is 89.3 cm³/mol. The molecule has 0 spiro atoms. The molecule has 0 heterocycles. The molecule has 2 aromatic rings. The van der Waals surface area contributed by atoms with Gasteiger partial charge in [-0.1, -0.05) is 24.3 Å². The third-order valence-corrected chi connectivity index (χ3v) is 3.82. The van der Waals surface area contributed by atoms with Crippen molar-refractivity contribution in [1.82, 2.24) is 4.90 Å². The van der Waals surface area contributed by atoms with Gasteiger partial charge in [-0.25, -0.2) is 0 Å². The SMILES string of the molecule is Cc1ccc(C)c(OCC(=O)N(C)Cc2ccc(C(F)(F)F)cc2)c1. The molecule has 0 fully saturated rings. The first kappa shape index (κ1) is 18.8. The number of nitrogens with zero attached hydrogens (tertiary/aromatic N) is 1. The number of aryl methyl sites for hydroxylation is 2. The third-order valence-electron chi connectivity index (χ3n) is 3.82. The van der Waals surface area contributed by atoms with Crippen molar-refractivity contribution in [3.63, 3.8) is 0 Å². The van der Waals surface area contributed by atoms with Crippen molar-refractivity contribution >= 4 is 5.91 Å². The molecule has 134 valence electrons. The lowest BCUT2D eigenvalue weighted by Gasteiger charge is -2.18. The lowest BCUT2D eigenvalue weighted by Crippen LogP contribution is -2.31. The minimum Gasteiger partial charge on any atom is -0.483 e. The molecule has 0 N–H and O–H groups in total. The molecular formula is C19H20F3NO2. The van der Waals surface area contributed by atoms with Crippen LogP contribution in [0.3, 0.4) is 0 Å². The summed E-state index contributed by atoms with van der Waals surface area (Å²) in [6, 6.07) is 10.5. The standard InChI is InChI=1S/C19H20F3NO2/c1-13-4-5-14(2)17(10-13)25-12-18(24)23(3)11-15-6-8-16(9-7-15)19(20,21)22/h4-10H,11-12H2,1-3H3. The van der Waals surface area contributed by atoms with E-state index in [0.29, 0.717) is 11.3 Å². The van der Waals surface area contributed by atoms with Gasteiger partial charge in [0, 0.05) is 13.6 Å². The largest absolute Gasteiger partial charge is 0.483 e. The number of carbonyl (C=O) groups excluding carboxylic acids is 1. The van der Waals surface area contributed by atoms with Crippen LogP contribution in [-0.2, 0) is 17.5 Å². The number of likely N-dealkylation sites (N-methyl/N-ethyl adjacent to an activating group) is 1. The summed E-state index contributed by atoms with van der Waals surface area (Å²) >= 11 is 0. The first-order valence-corrected chi connectivity index (χ1v) is 7.77. The minimum absolute atomic E-state index is 0.124. The van der Waals surface area contributed by atoms with Gasteiger partial charge in [-0.15, -0.1) is 0 Å². The molecule has 0 bridgehead atoms. The van der Waals surface area contributed by atoms with E-state index in [1.54, 1.807) is 7.05 Å². The van der Waals surface area contributed by atoms with E-state index < -0.39 is 11.7 Å². The van der Waals surface area contributed by atoms with Gasteiger partial charge in [-0.3, -0.25) is 4.79 Å². The molecule has 0 unspecified atom stereocenters. The summed E-state index contributed by atoms with van der Waals surface area (Å²) in [6.45, 7) is 3.92. The summed E-state index contributed by atoms with van der Waals surface area (Å²) in [5.74, 6) is 0.400. The molecular weight excluding hydrogens is 331 g/mol. The van der Waals surface area contributed by atoms with Gasteiger partial charge in [0.25, 0.3) is 5.91 Å². The second kappa shape index (κ2) is 7.59. The Balaban J connectivity index is 1.93. The molecule has 0 aromatic heterocycles. The van der Waals surface area contributed by atoms with Crippen LogP contribution in [0, 0.1) is 13.8 Å². The maximum Gasteiger partial charge on any atom is 0.416 e. The summed E-state index contributed by atoms with van der Waals surface area (Å²) in [4.78, 5) is 13.6. The van der Waals surface area contributed by atoms with E-state index in [2.05, 4.69) is 0 Å². The maximum absolute atomic E-state index is 12.6. The van der Waals surface area contributed by atoms with Gasteiger partial charge in [0.1, 0.15) is 5.75 Å². The zero-order valence-electron chi connectivity index (χ0n) is 14.4. The monoisotopic (exact) mass is 351 g/mol. The lowest BCUT2D eigenvalue weighted by molar-refractivity contribution is -0.137. The van der Waals surface area contributed by atoms with E-state index in [9.17, 15) is 18.0 Å². The second-order valence-corrected chi connectivity index (χ2v) is 6.00. The Hall–Kier alpha value is -2.50. The Labute approximate surface area is 145 Å². The van der Waals surface area contributed by atoms with Crippen LogP contribution in [0.2, 0.25) is 0 Å². The molecule has 0 radical (unpaired) electrons. The fourth-order valence-electron chi connectivity index (χ4n) is 2.27. The van der Waals surface area contributed by atoms with Gasteiger partial charge in [0.15, 0.2) is 6.61 Å². The molecule has 0 atom stereocenters. The van der Waals surface area contributed by atoms with Crippen LogP contribution in [0.4, 0.5) is 13.2 Å². The second-order valence-electron chi connectivity index (χ2n) is 6.00. The maximum atomic E-state index is 12.6. The van der Waals surface area contributed by atoms with Crippen molar-refractivity contribution in [2.45, 2.75) is 26.6 Å². The highest BCUT2D eigenvalue weighted by Gasteiger charge is 2.29. The highest BCUT2D eigenvalue weighted by atomic mass is 19.4. The van der Waals surface area contributed by atoms with Crippen LogP contribution in [0.25, 0.3) is 0 Å². The Morgan fingerprint density at radius 1 is 1.08 bits per heavy atom. The average molecular weight is 351 g/mol. The zero-order chi connectivity index (χ0) is 18.6. The molecule has 6 heteroatoms. The smallest absolute Gasteiger partial charge is 0.416 e. The molecule has 0 aliphatic carbocycles. The Morgan fingerprint density at radius 2 is 1.72 bits per heavy atom. The fraction of sp³-hybridized carbons (Fsp3) is 0.316. The van der Waals surface area contributed by atoms with E-state index in [-0.39, 0.29) is 19.1 Å². The summed E-state index contributed by atoms with van der Waals surface area (Å²) < 4.78 is 43.2. The van der Waals surface area contributed by atoms with Crippen LogP contribution >= 0.6 is 0 Å². The van der Waals surface area contributed by atoms with Gasteiger partial charge in [-0.05, 0) is 48.7 Å². The Morgan fingerprint density at radius 3 is 2.32 bits per heavy atom. The van der Waals surface area contributed by atoms with Crippen LogP contribution in [0.1, 0.15) is 22.3 Å². The number of ether oxygens (including phenoxy) is 1. The van der Waals surface area contributed by atoms with E-state index in [1.807, 2.05) is 32.0 Å². The van der Waals surface area contributed by atoms with Crippen molar-refractivity contribution in [3.05, 3.63) is 64.7 Å². The lowest BCUT2D eigenvalue weighted by atomic mass is 10.1. The van der Waals surface area contributed by atoms with Crippen molar-refractivity contribution in [1.29, 1.82) is 0 Å². The molecule has 0 saturated carbocycles. The van der Waals surface area contributed by atoms with Crippen molar-refractivity contribution in [3.8, 4) is 5.75 Å². The first-order chi connectivity index (χ1) is 11.7. The van der Waals surface area contributed by atoms with Gasteiger partial charge in [-0.2, -0.15) is 13.2 Å². The molecule has 0 aliphatic heterocycles. The number of alkyl halides is 3. The number of hydrogen-bond acceptors (Lipinski definition) is 2. The van der Waals surface area contributed by atoms with Crippen LogP contribution in [-0.4, -0.2) is 24.5 Å². The summed E-state index contributed by atoms with van der Waals surface area (Å²) in [7, 11) is 1.59. The third kappa shape index (κ3) is 5.24. The molecule has 1 amide bonds. The molecule has 2 aromatic carbocycles. The number of halogens is 3. The zero-order valence-corrected chi connectivity index (χ0v) is 14.4. The van der Waals surface area contributed by atoms with E-state index in [0.717, 1.165) is 23.3 Å². The van der Waals surface area contributed by atoms with Crippen molar-refractivity contribution in [2.75, 3.05) is 13.7 Å². The average Bonchev–Trinajstić information content (AvgIpc) is 2.55. The van der Waals surface area contributed by atoms with Crippen LogP contribution in [0.15, 0.2) is 42.5 Å². The van der Waals surface area contributed by atoms with Gasteiger partial charge < -0.3 is 9.64 Å². The number of hydrogen-bond donors (Lipinski definition) is 0. The van der Waals surface area contributed by atoms with E-state index in [1.165, 1.54) is 17.0 Å². The summed E-state index contributed by atoms with van der Waals surface area (Å²) in [5.41, 5.74) is 1.88. The molecule has 3 nitrogen and oxygen atoms in total. The first-order valence-electron chi connectivity index (χ1n) is 7.77. The Bertz CT molecular complexity index is 739. The Kier molecular flexibility index (Phi) is 5.72. The van der Waals surface area contributed by atoms with Crippen LogP contribution in [0.5, 0.6) is 5.75 Å². The topological polar surface area (TPSA) is 29.5 Å². The molecule has 2 rings (SSSR count). The van der Waals surface area contributed by atoms with Gasteiger partial charge >= 0.3 is 6.18 Å². The highest BCUT2D eigenvalue weighted by molar-refractivity contribution is 5.77. The normalized spacial score (nSPS) is 11.3. The molecule has 0 aliphatic rings. The number of amides is 1. The summed E-state index contributed by atoms with van der Waals surface area (Å²) in [6.07, 6.45) is -4.36. The summed E-state index contributed by atoms with van der Waals surface area (Å²) in [5, 5.41) is 0. The molecule has 0 saturated heterocycles. The van der Waals surface area contributed by atoms with Crippen molar-refractivity contribution in [2.24, 2.45) is 0 Å². The van der Waals surface area contributed by atoms with Crippen molar-refractivity contribution < 1.29 is 22.7 Å². The molecule has 25 heavy (non-hydrogen) atoms. The number of rotatable bonds is 5. The number of benzene rings is 2. The predicted octanol–water partition coefficient (Wildman–Crippen LogP) is 4.36. The van der Waals surface area contributed by atoms with Gasteiger partial charge in [0.05, 0.1) is 5.56 Å². The van der Waals surface area contributed by atoms with Gasteiger partial charge in [0.2, 0.25) is 0 Å². The minimum atomic E-state index is -4.36. The quantitative estimate of drug-likeness (QED) is 0.801. The number of carbonyl (C=O) groups is 1. The van der Waals surface area contributed by atoms with Crippen LogP contribution < -0.4 is 4.74 Å². The highest BCUT2D eigenvalue weighted by Crippen LogP contribution is 2.29. The van der Waals surface area contributed by atoms with E-state index >= 15 is 0 Å². The van der Waals surface area contributed by atoms with E-state index in [4.69, 9.17) is 4.74 Å².